The molecule has 0 radical (unpaired) electrons. The van der Waals surface area contributed by atoms with Crippen LogP contribution in [0.5, 0.6) is 0 Å². The Morgan fingerprint density at radius 2 is 2.00 bits per heavy atom. The molecule has 7 heteroatoms. The molecule has 0 amide bonds. The lowest BCUT2D eigenvalue weighted by Crippen LogP contribution is -1.95. The molecule has 0 bridgehead atoms. The second-order valence-corrected chi connectivity index (χ2v) is 3.85. The maximum absolute atomic E-state index is 13.3. The average molecular weight is 277 g/mol. The van der Waals surface area contributed by atoms with Gasteiger partial charge in [-0.25, -0.2) is 8.78 Å². The monoisotopic (exact) mass is 277 g/mol. The van der Waals surface area contributed by atoms with Crippen LogP contribution in [0.15, 0.2) is 47.6 Å². The third-order valence-corrected chi connectivity index (χ3v) is 2.41. The van der Waals surface area contributed by atoms with E-state index in [1.54, 1.807) is 6.07 Å². The van der Waals surface area contributed by atoms with Gasteiger partial charge in [0.25, 0.3) is 5.69 Å². The number of hydrogen-bond donors (Lipinski definition) is 1. The van der Waals surface area contributed by atoms with Crippen molar-refractivity contribution in [2.24, 2.45) is 5.10 Å². The summed E-state index contributed by atoms with van der Waals surface area (Å²) in [6.07, 6.45) is 1.30. The minimum Gasteiger partial charge on any atom is -0.276 e. The smallest absolute Gasteiger partial charge is 0.270 e. The molecule has 0 aliphatic carbocycles. The van der Waals surface area contributed by atoms with E-state index in [1.165, 1.54) is 30.5 Å². The summed E-state index contributed by atoms with van der Waals surface area (Å²) in [6, 6.07) is 8.82. The standard InChI is InChI=1S/C13H9F2N3O2/c14-10-4-5-13(12(15)7-10)17-16-8-9-2-1-3-11(6-9)18(19)20/h1-8,17H/b16-8-. The molecule has 5 nitrogen and oxygen atoms in total. The highest BCUT2D eigenvalue weighted by Gasteiger charge is 2.04. The van der Waals surface area contributed by atoms with Crippen LogP contribution in [-0.2, 0) is 0 Å². The molecule has 1 N–H and O–H groups in total. The van der Waals surface area contributed by atoms with Gasteiger partial charge < -0.3 is 0 Å². The normalized spacial score (nSPS) is 10.7. The fourth-order valence-corrected chi connectivity index (χ4v) is 1.48. The van der Waals surface area contributed by atoms with Gasteiger partial charge in [-0.2, -0.15) is 5.10 Å². The first-order valence-electron chi connectivity index (χ1n) is 5.55. The van der Waals surface area contributed by atoms with E-state index in [9.17, 15) is 18.9 Å². The van der Waals surface area contributed by atoms with Crippen molar-refractivity contribution >= 4 is 17.6 Å². The largest absolute Gasteiger partial charge is 0.276 e. The van der Waals surface area contributed by atoms with Gasteiger partial charge in [0.1, 0.15) is 5.82 Å². The second-order valence-electron chi connectivity index (χ2n) is 3.85. The Bertz CT molecular complexity index is 674. The number of halogens is 2. The van der Waals surface area contributed by atoms with Gasteiger partial charge in [0.05, 0.1) is 16.8 Å². The molecule has 0 saturated heterocycles. The maximum Gasteiger partial charge on any atom is 0.270 e. The van der Waals surface area contributed by atoms with E-state index < -0.39 is 16.6 Å². The van der Waals surface area contributed by atoms with Crippen LogP contribution in [0.1, 0.15) is 5.56 Å². The number of hydrogen-bond acceptors (Lipinski definition) is 4. The topological polar surface area (TPSA) is 67.5 Å². The van der Waals surface area contributed by atoms with Crippen LogP contribution in [-0.4, -0.2) is 11.1 Å². The number of anilines is 1. The Balaban J connectivity index is 2.10. The van der Waals surface area contributed by atoms with Gasteiger partial charge in [0.15, 0.2) is 5.82 Å². The molecule has 0 spiro atoms. The molecule has 2 aromatic carbocycles. The molecule has 0 saturated carbocycles. The molecule has 102 valence electrons. The van der Waals surface area contributed by atoms with E-state index >= 15 is 0 Å². The fraction of sp³-hybridized carbons (Fsp3) is 0. The molecule has 0 aliphatic rings. The Morgan fingerprint density at radius 1 is 1.20 bits per heavy atom. The van der Waals surface area contributed by atoms with Gasteiger partial charge in [-0.05, 0) is 12.1 Å². The maximum atomic E-state index is 13.3. The van der Waals surface area contributed by atoms with E-state index in [-0.39, 0.29) is 11.4 Å². The van der Waals surface area contributed by atoms with Crippen LogP contribution in [0.3, 0.4) is 0 Å². The lowest BCUT2D eigenvalue weighted by atomic mass is 10.2. The quantitative estimate of drug-likeness (QED) is 0.529. The zero-order valence-electron chi connectivity index (χ0n) is 10.1. The number of nitro groups is 1. The zero-order chi connectivity index (χ0) is 14.5. The van der Waals surface area contributed by atoms with E-state index in [1.807, 2.05) is 0 Å². The summed E-state index contributed by atoms with van der Waals surface area (Å²) in [6.45, 7) is 0. The molecular weight excluding hydrogens is 268 g/mol. The molecule has 0 heterocycles. The summed E-state index contributed by atoms with van der Waals surface area (Å²) in [5, 5.41) is 14.3. The van der Waals surface area contributed by atoms with E-state index in [4.69, 9.17) is 0 Å². The third-order valence-electron chi connectivity index (χ3n) is 2.41. The minimum atomic E-state index is -0.777. The van der Waals surface area contributed by atoms with Crippen molar-refractivity contribution < 1.29 is 13.7 Å². The van der Waals surface area contributed by atoms with Crippen molar-refractivity contribution in [1.29, 1.82) is 0 Å². The molecule has 0 aliphatic heterocycles. The van der Waals surface area contributed by atoms with Gasteiger partial charge in [-0.1, -0.05) is 12.1 Å². The van der Waals surface area contributed by atoms with E-state index in [0.717, 1.165) is 12.1 Å². The van der Waals surface area contributed by atoms with Gasteiger partial charge >= 0.3 is 0 Å². The Kier molecular flexibility index (Phi) is 3.99. The molecule has 2 rings (SSSR count). The van der Waals surface area contributed by atoms with Crippen LogP contribution in [0, 0.1) is 21.7 Å². The highest BCUT2D eigenvalue weighted by Crippen LogP contribution is 2.15. The van der Waals surface area contributed by atoms with Crippen molar-refractivity contribution in [3.05, 3.63) is 69.8 Å². The zero-order valence-corrected chi connectivity index (χ0v) is 10.1. The number of hydrazone groups is 1. The Morgan fingerprint density at radius 3 is 2.70 bits per heavy atom. The molecular formula is C13H9F2N3O2. The first-order valence-corrected chi connectivity index (χ1v) is 5.55. The molecule has 0 atom stereocenters. The van der Waals surface area contributed by atoms with Crippen molar-refractivity contribution in [2.45, 2.75) is 0 Å². The van der Waals surface area contributed by atoms with Gasteiger partial charge in [0, 0.05) is 23.8 Å². The van der Waals surface area contributed by atoms with Crippen LogP contribution < -0.4 is 5.43 Å². The highest BCUT2D eigenvalue weighted by atomic mass is 19.1. The van der Waals surface area contributed by atoms with Crippen LogP contribution in [0.25, 0.3) is 0 Å². The fourth-order valence-electron chi connectivity index (χ4n) is 1.48. The van der Waals surface area contributed by atoms with Gasteiger partial charge in [-0.15, -0.1) is 0 Å². The van der Waals surface area contributed by atoms with Crippen molar-refractivity contribution in [1.82, 2.24) is 0 Å². The van der Waals surface area contributed by atoms with E-state index in [2.05, 4.69) is 10.5 Å². The predicted molar refractivity (Wildman–Crippen MR) is 70.7 cm³/mol. The lowest BCUT2D eigenvalue weighted by molar-refractivity contribution is -0.384. The van der Waals surface area contributed by atoms with Crippen LogP contribution in [0.2, 0.25) is 0 Å². The summed E-state index contributed by atoms with van der Waals surface area (Å²) >= 11 is 0. The highest BCUT2D eigenvalue weighted by molar-refractivity contribution is 5.81. The molecule has 2 aromatic rings. The van der Waals surface area contributed by atoms with E-state index in [0.29, 0.717) is 5.56 Å². The summed E-state index contributed by atoms with van der Waals surface area (Å²) in [5.41, 5.74) is 2.82. The number of nitrogens with zero attached hydrogens (tertiary/aromatic N) is 2. The minimum absolute atomic E-state index is 0.00748. The Labute approximate surface area is 112 Å². The number of non-ortho nitro benzene ring substituents is 1. The molecule has 0 aromatic heterocycles. The van der Waals surface area contributed by atoms with Crippen LogP contribution >= 0.6 is 0 Å². The van der Waals surface area contributed by atoms with Crippen LogP contribution in [0.4, 0.5) is 20.2 Å². The lowest BCUT2D eigenvalue weighted by Gasteiger charge is -2.01. The summed E-state index contributed by atoms with van der Waals surface area (Å²) in [5.74, 6) is -1.46. The SMILES string of the molecule is O=[N+]([O-])c1cccc(/C=N\Nc2ccc(F)cc2F)c1. The Hall–Kier alpha value is -2.83. The third kappa shape index (κ3) is 3.35. The predicted octanol–water partition coefficient (Wildman–Crippen LogP) is 3.32. The van der Waals surface area contributed by atoms with Crippen molar-refractivity contribution in [3.63, 3.8) is 0 Å². The number of nitro benzene ring substituents is 1. The second kappa shape index (κ2) is 5.87. The molecule has 0 fully saturated rings. The van der Waals surface area contributed by atoms with Crippen molar-refractivity contribution in [2.75, 3.05) is 5.43 Å². The number of rotatable bonds is 4. The van der Waals surface area contributed by atoms with Gasteiger partial charge in [0.2, 0.25) is 0 Å². The van der Waals surface area contributed by atoms with Gasteiger partial charge in [-0.3, -0.25) is 15.5 Å². The number of nitrogens with one attached hydrogen (secondary N) is 1. The average Bonchev–Trinajstić information content (AvgIpc) is 2.41. The summed E-state index contributed by atoms with van der Waals surface area (Å²) in [4.78, 5) is 10.1. The first kappa shape index (κ1) is 13.6. The molecule has 0 unspecified atom stereocenters. The molecule has 20 heavy (non-hydrogen) atoms. The first-order chi connectivity index (χ1) is 9.56. The summed E-state index contributed by atoms with van der Waals surface area (Å²) in [7, 11) is 0. The van der Waals surface area contributed by atoms with Crippen molar-refractivity contribution in [3.8, 4) is 0 Å². The summed E-state index contributed by atoms with van der Waals surface area (Å²) < 4.78 is 26.0. The number of benzene rings is 2.